The fourth-order valence-electron chi connectivity index (χ4n) is 3.20. The first kappa shape index (κ1) is 18.0. The lowest BCUT2D eigenvalue weighted by Crippen LogP contribution is -1.93. The molecule has 2 aromatic rings. The van der Waals surface area contributed by atoms with Crippen molar-refractivity contribution in [1.29, 1.82) is 0 Å². The molecule has 0 spiro atoms. The van der Waals surface area contributed by atoms with Crippen LogP contribution >= 0.6 is 0 Å². The number of rotatable bonds is 8. The Kier molecular flexibility index (Phi) is 6.81. The SMILES string of the molecule is C=CCc1ccc(/C(CC)=C(\CC)c2ccc(CC=C)cc2)cc1. The van der Waals surface area contributed by atoms with Gasteiger partial charge in [0.25, 0.3) is 0 Å². The zero-order valence-electron chi connectivity index (χ0n) is 15.0. The highest BCUT2D eigenvalue weighted by molar-refractivity contribution is 5.90. The Morgan fingerprint density at radius 1 is 0.667 bits per heavy atom. The smallest absolute Gasteiger partial charge is 0.0100 e. The molecule has 0 aliphatic heterocycles. The molecule has 0 heterocycles. The zero-order valence-corrected chi connectivity index (χ0v) is 15.0. The standard InChI is InChI=1S/C24H28/c1-5-9-19-11-15-21(16-12-19)23(7-3)24(8-4)22-17-13-20(10-6-2)14-18-22/h5-6,11-18H,1-2,7-10H2,3-4H3/b24-23+. The summed E-state index contributed by atoms with van der Waals surface area (Å²) in [5, 5.41) is 0. The second-order valence-corrected chi connectivity index (χ2v) is 6.04. The highest BCUT2D eigenvalue weighted by Crippen LogP contribution is 2.31. The lowest BCUT2D eigenvalue weighted by Gasteiger charge is -2.15. The maximum Gasteiger partial charge on any atom is -0.0100 e. The Bertz CT molecular complexity index is 633. The van der Waals surface area contributed by atoms with Crippen molar-refractivity contribution in [2.24, 2.45) is 0 Å². The molecule has 0 N–H and O–H groups in total. The monoisotopic (exact) mass is 316 g/mol. The molecule has 0 aliphatic rings. The van der Waals surface area contributed by atoms with Crippen molar-refractivity contribution < 1.29 is 0 Å². The van der Waals surface area contributed by atoms with Gasteiger partial charge in [-0.15, -0.1) is 13.2 Å². The van der Waals surface area contributed by atoms with E-state index >= 15 is 0 Å². The van der Waals surface area contributed by atoms with Gasteiger partial charge in [-0.05, 0) is 59.1 Å². The summed E-state index contributed by atoms with van der Waals surface area (Å²) >= 11 is 0. The summed E-state index contributed by atoms with van der Waals surface area (Å²) in [6.07, 6.45) is 7.84. The van der Waals surface area contributed by atoms with E-state index in [2.05, 4.69) is 75.5 Å². The van der Waals surface area contributed by atoms with Crippen LogP contribution in [0.3, 0.4) is 0 Å². The van der Waals surface area contributed by atoms with Gasteiger partial charge in [0.15, 0.2) is 0 Å². The lowest BCUT2D eigenvalue weighted by molar-refractivity contribution is 1.18. The molecular formula is C24H28. The minimum atomic E-state index is 0.927. The Labute approximate surface area is 147 Å². The van der Waals surface area contributed by atoms with Gasteiger partial charge in [0, 0.05) is 0 Å². The van der Waals surface area contributed by atoms with Gasteiger partial charge in [-0.2, -0.15) is 0 Å². The van der Waals surface area contributed by atoms with Crippen molar-refractivity contribution in [1.82, 2.24) is 0 Å². The third kappa shape index (κ3) is 4.35. The maximum atomic E-state index is 3.82. The molecule has 0 aliphatic carbocycles. The molecule has 0 aromatic heterocycles. The number of hydrogen-bond donors (Lipinski definition) is 0. The quantitative estimate of drug-likeness (QED) is 0.368. The molecule has 0 saturated heterocycles. The third-order valence-corrected chi connectivity index (χ3v) is 4.44. The molecule has 0 nitrogen and oxygen atoms in total. The van der Waals surface area contributed by atoms with Crippen LogP contribution in [-0.2, 0) is 12.8 Å². The van der Waals surface area contributed by atoms with Gasteiger partial charge >= 0.3 is 0 Å². The second-order valence-electron chi connectivity index (χ2n) is 6.04. The summed E-state index contributed by atoms with van der Waals surface area (Å²) < 4.78 is 0. The van der Waals surface area contributed by atoms with E-state index in [1.165, 1.54) is 33.4 Å². The topological polar surface area (TPSA) is 0 Å². The van der Waals surface area contributed by atoms with E-state index in [-0.39, 0.29) is 0 Å². The Morgan fingerprint density at radius 3 is 1.25 bits per heavy atom. The van der Waals surface area contributed by atoms with Crippen LogP contribution in [0.2, 0.25) is 0 Å². The van der Waals surface area contributed by atoms with Crippen molar-refractivity contribution >= 4 is 11.1 Å². The predicted octanol–water partition coefficient (Wildman–Crippen LogP) is 6.87. The number of hydrogen-bond acceptors (Lipinski definition) is 0. The zero-order chi connectivity index (χ0) is 17.4. The first-order valence-corrected chi connectivity index (χ1v) is 8.85. The van der Waals surface area contributed by atoms with Gasteiger partial charge in [0.2, 0.25) is 0 Å². The van der Waals surface area contributed by atoms with Crippen molar-refractivity contribution in [3.05, 3.63) is 96.1 Å². The lowest BCUT2D eigenvalue weighted by atomic mass is 9.90. The highest BCUT2D eigenvalue weighted by Gasteiger charge is 2.09. The van der Waals surface area contributed by atoms with Gasteiger partial charge in [0.05, 0.1) is 0 Å². The van der Waals surface area contributed by atoms with E-state index in [9.17, 15) is 0 Å². The first-order valence-electron chi connectivity index (χ1n) is 8.85. The summed E-state index contributed by atoms with van der Waals surface area (Å²) in [6, 6.07) is 17.9. The third-order valence-electron chi connectivity index (χ3n) is 4.44. The molecule has 0 amide bonds. The maximum absolute atomic E-state index is 3.82. The molecule has 124 valence electrons. The highest BCUT2D eigenvalue weighted by atomic mass is 14.1. The Balaban J connectivity index is 2.40. The molecule has 0 saturated carbocycles. The number of benzene rings is 2. The van der Waals surface area contributed by atoms with E-state index in [0.717, 1.165) is 25.7 Å². The van der Waals surface area contributed by atoms with Crippen molar-refractivity contribution in [3.63, 3.8) is 0 Å². The molecule has 2 aromatic carbocycles. The summed E-state index contributed by atoms with van der Waals surface area (Å²) in [5.74, 6) is 0. The average Bonchev–Trinajstić information content (AvgIpc) is 2.62. The summed E-state index contributed by atoms with van der Waals surface area (Å²) in [5.41, 5.74) is 8.18. The Morgan fingerprint density at radius 2 is 1.00 bits per heavy atom. The van der Waals surface area contributed by atoms with Gasteiger partial charge < -0.3 is 0 Å². The normalized spacial score (nSPS) is 11.8. The number of allylic oxidation sites excluding steroid dienone is 4. The van der Waals surface area contributed by atoms with Crippen molar-refractivity contribution in [2.75, 3.05) is 0 Å². The predicted molar refractivity (Wildman–Crippen MR) is 108 cm³/mol. The van der Waals surface area contributed by atoms with Crippen molar-refractivity contribution in [3.8, 4) is 0 Å². The van der Waals surface area contributed by atoms with Crippen LogP contribution in [0.5, 0.6) is 0 Å². The van der Waals surface area contributed by atoms with Crippen LogP contribution in [0.1, 0.15) is 48.9 Å². The van der Waals surface area contributed by atoms with Gasteiger partial charge in [-0.1, -0.05) is 74.5 Å². The molecule has 0 fully saturated rings. The summed E-state index contributed by atoms with van der Waals surface area (Å²) in [7, 11) is 0. The van der Waals surface area contributed by atoms with Crippen LogP contribution in [0.25, 0.3) is 11.1 Å². The minimum Gasteiger partial charge on any atom is -0.103 e. The minimum absolute atomic E-state index is 0.927. The van der Waals surface area contributed by atoms with Crippen LogP contribution in [-0.4, -0.2) is 0 Å². The average molecular weight is 316 g/mol. The fourth-order valence-corrected chi connectivity index (χ4v) is 3.20. The van der Waals surface area contributed by atoms with Gasteiger partial charge in [0.1, 0.15) is 0 Å². The fraction of sp³-hybridized carbons (Fsp3) is 0.250. The first-order chi connectivity index (χ1) is 11.7. The van der Waals surface area contributed by atoms with E-state index in [1.807, 2.05) is 12.2 Å². The largest absolute Gasteiger partial charge is 0.103 e. The molecule has 0 bridgehead atoms. The van der Waals surface area contributed by atoms with E-state index in [4.69, 9.17) is 0 Å². The van der Waals surface area contributed by atoms with Crippen LogP contribution in [0, 0.1) is 0 Å². The van der Waals surface area contributed by atoms with Gasteiger partial charge in [-0.3, -0.25) is 0 Å². The van der Waals surface area contributed by atoms with Gasteiger partial charge in [-0.25, -0.2) is 0 Å². The summed E-state index contributed by atoms with van der Waals surface area (Å²) in [4.78, 5) is 0. The van der Waals surface area contributed by atoms with E-state index in [0.29, 0.717) is 0 Å². The molecule has 2 rings (SSSR count). The van der Waals surface area contributed by atoms with Crippen molar-refractivity contribution in [2.45, 2.75) is 39.5 Å². The molecule has 0 atom stereocenters. The molecular weight excluding hydrogens is 288 g/mol. The second kappa shape index (κ2) is 9.08. The molecule has 0 heteroatoms. The van der Waals surface area contributed by atoms with Crippen LogP contribution in [0.15, 0.2) is 73.8 Å². The molecule has 24 heavy (non-hydrogen) atoms. The summed E-state index contributed by atoms with van der Waals surface area (Å²) in [6.45, 7) is 12.1. The van der Waals surface area contributed by atoms with Crippen LogP contribution < -0.4 is 0 Å². The van der Waals surface area contributed by atoms with Crippen LogP contribution in [0.4, 0.5) is 0 Å². The van der Waals surface area contributed by atoms with E-state index < -0.39 is 0 Å². The Hall–Kier alpha value is -2.34. The van der Waals surface area contributed by atoms with E-state index in [1.54, 1.807) is 0 Å². The molecule has 0 unspecified atom stereocenters. The molecule has 0 radical (unpaired) electrons.